The zero-order chi connectivity index (χ0) is 27.5. The lowest BCUT2D eigenvalue weighted by molar-refractivity contribution is 0.0697. The van der Waals surface area contributed by atoms with E-state index in [1.165, 1.54) is 0 Å². The maximum absolute atomic E-state index is 11.7. The summed E-state index contributed by atoms with van der Waals surface area (Å²) >= 11 is 0. The zero-order valence-electron chi connectivity index (χ0n) is 22.6. The van der Waals surface area contributed by atoms with Crippen LogP contribution in [-0.2, 0) is 13.0 Å². The Bertz CT molecular complexity index is 1670. The van der Waals surface area contributed by atoms with Gasteiger partial charge < -0.3 is 14.6 Å². The number of aliphatic imine (C=N–C) groups is 1. The predicted octanol–water partition coefficient (Wildman–Crippen LogP) is 7.81. The minimum absolute atomic E-state index is 0.302. The van der Waals surface area contributed by atoms with Gasteiger partial charge in [0.2, 0.25) is 0 Å². The highest BCUT2D eigenvalue weighted by Crippen LogP contribution is 2.35. The van der Waals surface area contributed by atoms with Gasteiger partial charge in [-0.3, -0.25) is 4.99 Å². The van der Waals surface area contributed by atoms with Crippen molar-refractivity contribution in [2.75, 3.05) is 11.9 Å². The maximum Gasteiger partial charge on any atom is 0.336 e. The lowest BCUT2D eigenvalue weighted by Gasteiger charge is -2.22. The van der Waals surface area contributed by atoms with Crippen LogP contribution in [0.3, 0.4) is 0 Å². The number of para-hydroxylation sites is 2. The number of fused-ring (bicyclic) bond motifs is 1. The number of rotatable bonds is 9. The second-order valence-electron chi connectivity index (χ2n) is 9.75. The van der Waals surface area contributed by atoms with Crippen molar-refractivity contribution in [2.24, 2.45) is 4.99 Å². The molecule has 1 N–H and O–H groups in total. The number of anilines is 2. The highest BCUT2D eigenvalue weighted by Gasteiger charge is 2.17. The minimum Gasteiger partial charge on any atom is -0.478 e. The molecule has 0 saturated carbocycles. The second-order valence-corrected chi connectivity index (χ2v) is 9.75. The Balaban J connectivity index is 1.54. The summed E-state index contributed by atoms with van der Waals surface area (Å²) in [5.41, 5.74) is 9.13. The lowest BCUT2D eigenvalue weighted by atomic mass is 9.99. The van der Waals surface area contributed by atoms with Crippen LogP contribution in [0.15, 0.2) is 89.9 Å². The van der Waals surface area contributed by atoms with E-state index in [-0.39, 0.29) is 0 Å². The van der Waals surface area contributed by atoms with Gasteiger partial charge in [0.05, 0.1) is 28.0 Å². The number of imidazole rings is 1. The van der Waals surface area contributed by atoms with Crippen molar-refractivity contribution < 1.29 is 9.90 Å². The smallest absolute Gasteiger partial charge is 0.336 e. The molecule has 196 valence electrons. The van der Waals surface area contributed by atoms with Crippen LogP contribution in [0.25, 0.3) is 22.2 Å². The van der Waals surface area contributed by atoms with Crippen LogP contribution in [0.5, 0.6) is 0 Å². The Labute approximate surface area is 228 Å². The van der Waals surface area contributed by atoms with E-state index in [0.29, 0.717) is 17.7 Å². The van der Waals surface area contributed by atoms with Crippen molar-refractivity contribution in [1.29, 1.82) is 0 Å². The van der Waals surface area contributed by atoms with Crippen molar-refractivity contribution in [1.82, 2.24) is 9.55 Å². The quantitative estimate of drug-likeness (QED) is 0.203. The van der Waals surface area contributed by atoms with Gasteiger partial charge in [0, 0.05) is 25.7 Å². The molecule has 0 fully saturated rings. The summed E-state index contributed by atoms with van der Waals surface area (Å²) in [5, 5.41) is 9.60. The molecule has 0 spiro atoms. The molecular formula is C33H32N4O2. The average molecular weight is 517 g/mol. The van der Waals surface area contributed by atoms with E-state index >= 15 is 0 Å². The molecule has 1 heterocycles. The van der Waals surface area contributed by atoms with Crippen LogP contribution in [0.1, 0.15) is 40.7 Å². The first kappa shape index (κ1) is 25.9. The summed E-state index contributed by atoms with van der Waals surface area (Å²) in [6.45, 7) is 8.69. The van der Waals surface area contributed by atoms with Gasteiger partial charge in [-0.05, 0) is 72.6 Å². The maximum atomic E-state index is 11.7. The fourth-order valence-electron chi connectivity index (χ4n) is 5.12. The van der Waals surface area contributed by atoms with Gasteiger partial charge in [0.1, 0.15) is 5.82 Å². The van der Waals surface area contributed by atoms with Crippen molar-refractivity contribution in [2.45, 2.75) is 33.2 Å². The van der Waals surface area contributed by atoms with Crippen LogP contribution in [0.4, 0.5) is 17.1 Å². The van der Waals surface area contributed by atoms with Crippen LogP contribution in [0, 0.1) is 6.92 Å². The van der Waals surface area contributed by atoms with Gasteiger partial charge in [-0.25, -0.2) is 9.78 Å². The fourth-order valence-corrected chi connectivity index (χ4v) is 5.12. The third kappa shape index (κ3) is 5.06. The van der Waals surface area contributed by atoms with Crippen LogP contribution < -0.4 is 4.90 Å². The Morgan fingerprint density at radius 3 is 2.46 bits per heavy atom. The van der Waals surface area contributed by atoms with Crippen molar-refractivity contribution in [3.8, 4) is 11.1 Å². The lowest BCUT2D eigenvalue weighted by Crippen LogP contribution is -2.10. The van der Waals surface area contributed by atoms with Crippen LogP contribution >= 0.6 is 0 Å². The molecule has 1 aromatic heterocycles. The molecule has 0 bridgehead atoms. The number of aromatic carboxylic acids is 1. The summed E-state index contributed by atoms with van der Waals surface area (Å²) in [4.78, 5) is 23.1. The summed E-state index contributed by atoms with van der Waals surface area (Å²) < 4.78 is 2.31. The SMILES string of the molecule is C=Nc1ccccc1N(C)c1cc(C)c2nc(CCC)n(Cc3ccc(-c4ccccc4C(=O)O)cc3)c2c1. The number of benzene rings is 4. The van der Waals surface area contributed by atoms with Gasteiger partial charge in [-0.2, -0.15) is 0 Å². The third-order valence-corrected chi connectivity index (χ3v) is 7.15. The Morgan fingerprint density at radius 1 is 1.03 bits per heavy atom. The molecule has 6 heteroatoms. The summed E-state index contributed by atoms with van der Waals surface area (Å²) in [7, 11) is 2.05. The van der Waals surface area contributed by atoms with E-state index in [1.54, 1.807) is 12.1 Å². The molecule has 0 atom stereocenters. The standard InChI is InChI=1S/C33H32N4O2/c1-5-10-31-35-32-22(2)19-25(36(4)29-14-9-8-13-28(29)34-3)20-30(32)37(31)21-23-15-17-24(18-16-23)26-11-6-7-12-27(26)33(38)39/h6-9,11-20H,3,5,10,21H2,1-2,4H3,(H,38,39). The zero-order valence-corrected chi connectivity index (χ0v) is 22.6. The molecule has 5 aromatic rings. The van der Waals surface area contributed by atoms with Gasteiger partial charge in [-0.1, -0.05) is 61.5 Å². The van der Waals surface area contributed by atoms with Gasteiger partial charge in [0.15, 0.2) is 0 Å². The molecule has 0 unspecified atom stereocenters. The number of carbonyl (C=O) groups is 1. The number of hydrogen-bond acceptors (Lipinski definition) is 4. The van der Waals surface area contributed by atoms with E-state index in [0.717, 1.165) is 63.5 Å². The fraction of sp³-hybridized carbons (Fsp3) is 0.182. The normalized spacial score (nSPS) is 11.1. The first-order valence-corrected chi connectivity index (χ1v) is 13.1. The van der Waals surface area contributed by atoms with E-state index < -0.39 is 5.97 Å². The van der Waals surface area contributed by atoms with Crippen molar-refractivity contribution in [3.63, 3.8) is 0 Å². The molecule has 39 heavy (non-hydrogen) atoms. The second kappa shape index (κ2) is 11.0. The van der Waals surface area contributed by atoms with E-state index in [1.807, 2.05) is 55.6 Å². The highest BCUT2D eigenvalue weighted by molar-refractivity contribution is 5.96. The minimum atomic E-state index is -0.925. The van der Waals surface area contributed by atoms with E-state index in [2.05, 4.69) is 59.3 Å². The average Bonchev–Trinajstić information content (AvgIpc) is 3.30. The number of aromatic nitrogens is 2. The molecule has 0 saturated heterocycles. The molecule has 4 aromatic carbocycles. The molecular weight excluding hydrogens is 484 g/mol. The van der Waals surface area contributed by atoms with E-state index in [9.17, 15) is 9.90 Å². The molecule has 0 aliphatic carbocycles. The monoisotopic (exact) mass is 516 g/mol. The molecule has 0 amide bonds. The van der Waals surface area contributed by atoms with Gasteiger partial charge in [-0.15, -0.1) is 0 Å². The summed E-state index contributed by atoms with van der Waals surface area (Å²) in [5.74, 6) is 0.135. The molecule has 0 aliphatic heterocycles. The number of nitrogens with zero attached hydrogens (tertiary/aromatic N) is 4. The molecule has 5 rings (SSSR count). The van der Waals surface area contributed by atoms with E-state index in [4.69, 9.17) is 4.98 Å². The topological polar surface area (TPSA) is 70.7 Å². The first-order valence-electron chi connectivity index (χ1n) is 13.1. The van der Waals surface area contributed by atoms with Gasteiger partial charge >= 0.3 is 5.97 Å². The number of aryl methyl sites for hydroxylation is 2. The number of hydrogen-bond donors (Lipinski definition) is 1. The first-order chi connectivity index (χ1) is 18.9. The predicted molar refractivity (Wildman–Crippen MR) is 160 cm³/mol. The molecule has 0 radical (unpaired) electrons. The molecule has 0 aliphatic rings. The Kier molecular flexibility index (Phi) is 7.28. The summed E-state index contributed by atoms with van der Waals surface area (Å²) in [6.07, 6.45) is 1.88. The van der Waals surface area contributed by atoms with Crippen molar-refractivity contribution >= 4 is 40.8 Å². The third-order valence-electron chi connectivity index (χ3n) is 7.15. The van der Waals surface area contributed by atoms with Gasteiger partial charge in [0.25, 0.3) is 0 Å². The summed E-state index contributed by atoms with van der Waals surface area (Å²) in [6, 6.07) is 27.6. The van der Waals surface area contributed by atoms with Crippen LogP contribution in [-0.4, -0.2) is 34.4 Å². The largest absolute Gasteiger partial charge is 0.478 e. The van der Waals surface area contributed by atoms with Crippen LogP contribution in [0.2, 0.25) is 0 Å². The number of carboxylic acid groups (broad SMARTS) is 1. The number of carboxylic acids is 1. The highest BCUT2D eigenvalue weighted by atomic mass is 16.4. The molecule has 6 nitrogen and oxygen atoms in total. The Morgan fingerprint density at radius 2 is 1.74 bits per heavy atom. The van der Waals surface area contributed by atoms with Crippen molar-refractivity contribution in [3.05, 3.63) is 107 Å². The Hall–Kier alpha value is -4.71.